The van der Waals surface area contributed by atoms with Crippen LogP contribution in [-0.4, -0.2) is 11.5 Å². The second-order valence-electron chi connectivity index (χ2n) is 6.45. The molecule has 0 atom stereocenters. The van der Waals surface area contributed by atoms with E-state index < -0.39 is 0 Å². The van der Waals surface area contributed by atoms with Crippen molar-refractivity contribution in [3.05, 3.63) is 70.3 Å². The highest BCUT2D eigenvalue weighted by molar-refractivity contribution is 9.10. The summed E-state index contributed by atoms with van der Waals surface area (Å²) < 4.78 is 1.10. The average molecular weight is 367 g/mol. The third-order valence-electron chi connectivity index (χ3n) is 4.93. The number of hydrogen-bond donors (Lipinski definition) is 1. The van der Waals surface area contributed by atoms with Crippen LogP contribution in [0.4, 0.5) is 5.82 Å². The molecule has 1 aromatic heterocycles. The van der Waals surface area contributed by atoms with Gasteiger partial charge in [-0.15, -0.1) is 0 Å². The summed E-state index contributed by atoms with van der Waals surface area (Å²) in [5, 5.41) is 6.04. The highest BCUT2D eigenvalue weighted by Crippen LogP contribution is 2.48. The van der Waals surface area contributed by atoms with Gasteiger partial charge in [-0.1, -0.05) is 52.3 Å². The number of benzene rings is 2. The fourth-order valence-corrected chi connectivity index (χ4v) is 3.83. The molecular formula is C20H19BrN2. The van der Waals surface area contributed by atoms with Crippen molar-refractivity contribution in [2.45, 2.75) is 25.2 Å². The summed E-state index contributed by atoms with van der Waals surface area (Å²) in [5.74, 6) is 0.972. The van der Waals surface area contributed by atoms with Gasteiger partial charge in [0, 0.05) is 28.0 Å². The predicted molar refractivity (Wildman–Crippen MR) is 100 cm³/mol. The Morgan fingerprint density at radius 1 is 1.09 bits per heavy atom. The van der Waals surface area contributed by atoms with Gasteiger partial charge in [-0.05, 0) is 48.4 Å². The maximum absolute atomic E-state index is 4.59. The Morgan fingerprint density at radius 2 is 1.87 bits per heavy atom. The van der Waals surface area contributed by atoms with Gasteiger partial charge < -0.3 is 5.32 Å². The summed E-state index contributed by atoms with van der Waals surface area (Å²) in [7, 11) is 0. The molecule has 1 aliphatic carbocycles. The van der Waals surface area contributed by atoms with Gasteiger partial charge in [-0.2, -0.15) is 0 Å². The minimum Gasteiger partial charge on any atom is -0.369 e. The molecule has 0 bridgehead atoms. The molecule has 0 aliphatic heterocycles. The van der Waals surface area contributed by atoms with E-state index in [2.05, 4.69) is 81.7 Å². The molecule has 116 valence electrons. The van der Waals surface area contributed by atoms with Gasteiger partial charge in [-0.3, -0.25) is 0 Å². The molecule has 4 rings (SSSR count). The van der Waals surface area contributed by atoms with Crippen LogP contribution >= 0.6 is 15.9 Å². The number of nitrogens with zero attached hydrogens (tertiary/aromatic N) is 1. The first-order valence-electron chi connectivity index (χ1n) is 8.03. The second kappa shape index (κ2) is 5.64. The molecule has 1 N–H and O–H groups in total. The normalized spacial score (nSPS) is 15.6. The van der Waals surface area contributed by atoms with E-state index >= 15 is 0 Å². The third kappa shape index (κ3) is 2.63. The lowest BCUT2D eigenvalue weighted by atomic mass is 9.96. The molecule has 1 aliphatic rings. The minimum absolute atomic E-state index is 0.279. The molecule has 23 heavy (non-hydrogen) atoms. The van der Waals surface area contributed by atoms with Crippen LogP contribution in [0.2, 0.25) is 0 Å². The Labute approximate surface area is 145 Å². The standard InChI is InChI=1S/C20H19BrN2/c1-14-7-8-17(21)18-16(14)9-12-22-19(18)23-13-20(10-11-20)15-5-3-2-4-6-15/h2-9,12H,10-11,13H2,1H3,(H,22,23). The molecule has 0 amide bonds. The first kappa shape index (κ1) is 14.7. The first-order chi connectivity index (χ1) is 11.2. The van der Waals surface area contributed by atoms with E-state index in [1.165, 1.54) is 34.7 Å². The fourth-order valence-electron chi connectivity index (χ4n) is 3.30. The van der Waals surface area contributed by atoms with Crippen LogP contribution < -0.4 is 5.32 Å². The molecule has 0 unspecified atom stereocenters. The Hall–Kier alpha value is -1.87. The van der Waals surface area contributed by atoms with Crippen LogP contribution in [0.5, 0.6) is 0 Å². The lowest BCUT2D eigenvalue weighted by Crippen LogP contribution is -2.20. The lowest BCUT2D eigenvalue weighted by Gasteiger charge is -2.18. The number of fused-ring (bicyclic) bond motifs is 1. The van der Waals surface area contributed by atoms with Crippen molar-refractivity contribution in [3.63, 3.8) is 0 Å². The van der Waals surface area contributed by atoms with Crippen LogP contribution in [0.1, 0.15) is 24.0 Å². The molecule has 3 heteroatoms. The number of aromatic nitrogens is 1. The number of pyridine rings is 1. The van der Waals surface area contributed by atoms with E-state index in [4.69, 9.17) is 0 Å². The van der Waals surface area contributed by atoms with E-state index in [-0.39, 0.29) is 5.41 Å². The molecule has 2 aromatic carbocycles. The maximum Gasteiger partial charge on any atom is 0.135 e. The third-order valence-corrected chi connectivity index (χ3v) is 5.59. The Balaban J connectivity index is 1.66. The van der Waals surface area contributed by atoms with Crippen molar-refractivity contribution in [2.75, 3.05) is 11.9 Å². The van der Waals surface area contributed by atoms with Crippen LogP contribution in [0.3, 0.4) is 0 Å². The Bertz CT molecular complexity index is 854. The quantitative estimate of drug-likeness (QED) is 0.663. The van der Waals surface area contributed by atoms with Gasteiger partial charge in [0.05, 0.1) is 0 Å². The summed E-state index contributed by atoms with van der Waals surface area (Å²) in [6.45, 7) is 3.08. The minimum atomic E-state index is 0.279. The summed E-state index contributed by atoms with van der Waals surface area (Å²) in [6, 6.07) is 17.2. The van der Waals surface area contributed by atoms with Gasteiger partial charge in [0.2, 0.25) is 0 Å². The van der Waals surface area contributed by atoms with Crippen LogP contribution in [0.15, 0.2) is 59.2 Å². The van der Waals surface area contributed by atoms with Gasteiger partial charge in [0.15, 0.2) is 0 Å². The Morgan fingerprint density at radius 3 is 2.61 bits per heavy atom. The molecule has 1 fully saturated rings. The monoisotopic (exact) mass is 366 g/mol. The topological polar surface area (TPSA) is 24.9 Å². The highest BCUT2D eigenvalue weighted by atomic mass is 79.9. The van der Waals surface area contributed by atoms with E-state index in [0.29, 0.717) is 0 Å². The lowest BCUT2D eigenvalue weighted by molar-refractivity contribution is 0.731. The number of halogens is 1. The largest absolute Gasteiger partial charge is 0.369 e. The maximum atomic E-state index is 4.59. The molecule has 2 nitrogen and oxygen atoms in total. The van der Waals surface area contributed by atoms with Crippen molar-refractivity contribution in [1.29, 1.82) is 0 Å². The van der Waals surface area contributed by atoms with Crippen LogP contribution in [0, 0.1) is 6.92 Å². The molecule has 0 radical (unpaired) electrons. The predicted octanol–water partition coefficient (Wildman–Crippen LogP) is 5.45. The van der Waals surface area contributed by atoms with Crippen LogP contribution in [0.25, 0.3) is 10.8 Å². The number of nitrogens with one attached hydrogen (secondary N) is 1. The van der Waals surface area contributed by atoms with Crippen molar-refractivity contribution < 1.29 is 0 Å². The van der Waals surface area contributed by atoms with Gasteiger partial charge >= 0.3 is 0 Å². The summed E-state index contributed by atoms with van der Waals surface area (Å²) in [6.07, 6.45) is 4.39. The molecule has 1 saturated carbocycles. The van der Waals surface area contributed by atoms with Gasteiger partial charge in [0.1, 0.15) is 5.82 Å². The zero-order valence-corrected chi connectivity index (χ0v) is 14.7. The SMILES string of the molecule is Cc1ccc(Br)c2c(NCC3(c4ccccc4)CC3)nccc12. The number of aryl methyl sites for hydroxylation is 1. The van der Waals surface area contributed by atoms with Gasteiger partial charge in [-0.25, -0.2) is 4.98 Å². The molecule has 0 saturated heterocycles. The zero-order chi connectivity index (χ0) is 15.9. The molecule has 3 aromatic rings. The van der Waals surface area contributed by atoms with E-state index in [9.17, 15) is 0 Å². The second-order valence-corrected chi connectivity index (χ2v) is 7.30. The first-order valence-corrected chi connectivity index (χ1v) is 8.82. The van der Waals surface area contributed by atoms with Crippen LogP contribution in [-0.2, 0) is 5.41 Å². The molecule has 1 heterocycles. The van der Waals surface area contributed by atoms with Crippen molar-refractivity contribution in [1.82, 2.24) is 4.98 Å². The van der Waals surface area contributed by atoms with E-state index in [0.717, 1.165) is 16.8 Å². The average Bonchev–Trinajstić information content (AvgIpc) is 3.38. The summed E-state index contributed by atoms with van der Waals surface area (Å²) >= 11 is 3.68. The summed E-state index contributed by atoms with van der Waals surface area (Å²) in [4.78, 5) is 4.59. The smallest absolute Gasteiger partial charge is 0.135 e. The summed E-state index contributed by atoms with van der Waals surface area (Å²) in [5.41, 5.74) is 2.99. The van der Waals surface area contributed by atoms with Crippen molar-refractivity contribution >= 4 is 32.5 Å². The fraction of sp³-hybridized carbons (Fsp3) is 0.250. The zero-order valence-electron chi connectivity index (χ0n) is 13.1. The van der Waals surface area contributed by atoms with Gasteiger partial charge in [0.25, 0.3) is 0 Å². The molecule has 0 spiro atoms. The number of anilines is 1. The number of rotatable bonds is 4. The Kier molecular flexibility index (Phi) is 3.61. The van der Waals surface area contributed by atoms with E-state index in [1.54, 1.807) is 0 Å². The van der Waals surface area contributed by atoms with Crippen molar-refractivity contribution in [3.8, 4) is 0 Å². The van der Waals surface area contributed by atoms with Crippen molar-refractivity contribution in [2.24, 2.45) is 0 Å². The highest BCUT2D eigenvalue weighted by Gasteiger charge is 2.43. The number of hydrogen-bond acceptors (Lipinski definition) is 2. The van der Waals surface area contributed by atoms with E-state index in [1.807, 2.05) is 6.20 Å². The molecular weight excluding hydrogens is 348 g/mol.